The molecule has 1 amide bonds. The summed E-state index contributed by atoms with van der Waals surface area (Å²) in [5, 5.41) is 3.72. The minimum absolute atomic E-state index is 0.0232. The van der Waals surface area contributed by atoms with Gasteiger partial charge in [0.1, 0.15) is 5.75 Å². The standard InChI is InChI=1S/C26H28N2O2/c1-17-8-5-6-11-23(17)27-24-16-19(3)28(25-18(2)9-7-10-22(24)25)26(29)20-12-14-21(30-4)15-13-20/h5-15,19,24,27H,16H2,1-4H3. The second-order valence-corrected chi connectivity index (χ2v) is 8.01. The normalized spacial score (nSPS) is 17.9. The first-order valence-electron chi connectivity index (χ1n) is 10.4. The van der Waals surface area contributed by atoms with Gasteiger partial charge in [0.05, 0.1) is 18.8 Å². The van der Waals surface area contributed by atoms with Gasteiger partial charge in [-0.15, -0.1) is 0 Å². The molecule has 1 heterocycles. The molecule has 1 aliphatic rings. The summed E-state index contributed by atoms with van der Waals surface area (Å²) in [4.78, 5) is 15.5. The average Bonchev–Trinajstić information content (AvgIpc) is 2.76. The van der Waals surface area contributed by atoms with Crippen LogP contribution in [0.25, 0.3) is 0 Å². The van der Waals surface area contributed by atoms with Crippen LogP contribution in [0.1, 0.15) is 46.4 Å². The van der Waals surface area contributed by atoms with Crippen LogP contribution in [0.4, 0.5) is 11.4 Å². The molecule has 2 unspecified atom stereocenters. The largest absolute Gasteiger partial charge is 0.497 e. The minimum atomic E-state index is 0.0232. The van der Waals surface area contributed by atoms with Crippen molar-refractivity contribution in [3.63, 3.8) is 0 Å². The van der Waals surface area contributed by atoms with Crippen molar-refractivity contribution in [3.05, 3.63) is 89.0 Å². The molecule has 4 nitrogen and oxygen atoms in total. The number of nitrogens with zero attached hydrogens (tertiary/aromatic N) is 1. The number of nitrogens with one attached hydrogen (secondary N) is 1. The van der Waals surface area contributed by atoms with Gasteiger partial charge in [-0.25, -0.2) is 0 Å². The van der Waals surface area contributed by atoms with Gasteiger partial charge in [0.25, 0.3) is 5.91 Å². The highest BCUT2D eigenvalue weighted by atomic mass is 16.5. The Balaban J connectivity index is 1.72. The second-order valence-electron chi connectivity index (χ2n) is 8.01. The van der Waals surface area contributed by atoms with Gasteiger partial charge in [-0.3, -0.25) is 4.79 Å². The molecule has 0 bridgehead atoms. The van der Waals surface area contributed by atoms with E-state index in [1.807, 2.05) is 29.2 Å². The summed E-state index contributed by atoms with van der Waals surface area (Å²) in [5.41, 5.74) is 6.31. The number of carbonyl (C=O) groups is 1. The number of para-hydroxylation sites is 2. The molecule has 1 aliphatic heterocycles. The average molecular weight is 401 g/mol. The molecule has 4 heteroatoms. The maximum Gasteiger partial charge on any atom is 0.258 e. The zero-order chi connectivity index (χ0) is 21.3. The van der Waals surface area contributed by atoms with E-state index in [-0.39, 0.29) is 18.0 Å². The summed E-state index contributed by atoms with van der Waals surface area (Å²) in [7, 11) is 1.63. The number of rotatable bonds is 4. The maximum atomic E-state index is 13.5. The fourth-order valence-electron chi connectivity index (χ4n) is 4.32. The topological polar surface area (TPSA) is 41.6 Å². The van der Waals surface area contributed by atoms with Crippen LogP contribution in [0, 0.1) is 13.8 Å². The molecule has 30 heavy (non-hydrogen) atoms. The van der Waals surface area contributed by atoms with Crippen molar-refractivity contribution in [1.82, 2.24) is 0 Å². The van der Waals surface area contributed by atoms with Crippen molar-refractivity contribution in [3.8, 4) is 5.75 Å². The van der Waals surface area contributed by atoms with Crippen LogP contribution >= 0.6 is 0 Å². The number of fused-ring (bicyclic) bond motifs is 1. The second kappa shape index (κ2) is 8.23. The summed E-state index contributed by atoms with van der Waals surface area (Å²) in [5.74, 6) is 0.771. The van der Waals surface area contributed by atoms with Crippen LogP contribution in [-0.2, 0) is 0 Å². The van der Waals surface area contributed by atoms with E-state index >= 15 is 0 Å². The van der Waals surface area contributed by atoms with Crippen molar-refractivity contribution in [1.29, 1.82) is 0 Å². The summed E-state index contributed by atoms with van der Waals surface area (Å²) in [6, 6.07) is 22.2. The minimum Gasteiger partial charge on any atom is -0.497 e. The molecule has 0 aromatic heterocycles. The van der Waals surface area contributed by atoms with Crippen molar-refractivity contribution in [2.24, 2.45) is 0 Å². The molecule has 0 radical (unpaired) electrons. The molecular weight excluding hydrogens is 372 g/mol. The summed E-state index contributed by atoms with van der Waals surface area (Å²) in [6.45, 7) is 6.32. The highest BCUT2D eigenvalue weighted by Gasteiger charge is 2.35. The fraction of sp³-hybridized carbons (Fsp3) is 0.269. The van der Waals surface area contributed by atoms with E-state index in [9.17, 15) is 4.79 Å². The zero-order valence-electron chi connectivity index (χ0n) is 18.0. The fourth-order valence-corrected chi connectivity index (χ4v) is 4.32. The van der Waals surface area contributed by atoms with E-state index in [0.717, 1.165) is 29.1 Å². The van der Waals surface area contributed by atoms with Gasteiger partial charge < -0.3 is 15.0 Å². The van der Waals surface area contributed by atoms with Gasteiger partial charge in [0, 0.05) is 17.3 Å². The van der Waals surface area contributed by atoms with Gasteiger partial charge in [0.2, 0.25) is 0 Å². The highest BCUT2D eigenvalue weighted by Crippen LogP contribution is 2.42. The molecule has 0 spiro atoms. The van der Waals surface area contributed by atoms with Crippen LogP contribution in [0.5, 0.6) is 5.75 Å². The SMILES string of the molecule is COc1ccc(C(=O)N2c3c(C)cccc3C(Nc3ccccc3C)CC2C)cc1. The first-order valence-corrected chi connectivity index (χ1v) is 10.4. The molecule has 1 N–H and O–H groups in total. The van der Waals surface area contributed by atoms with Crippen LogP contribution < -0.4 is 15.0 Å². The number of ether oxygens (including phenoxy) is 1. The number of carbonyl (C=O) groups excluding carboxylic acids is 1. The molecule has 4 rings (SSSR count). The van der Waals surface area contributed by atoms with E-state index in [1.165, 1.54) is 11.1 Å². The summed E-state index contributed by atoms with van der Waals surface area (Å²) in [6.07, 6.45) is 0.840. The Hall–Kier alpha value is -3.27. The molecule has 0 saturated carbocycles. The molecule has 0 aliphatic carbocycles. The van der Waals surface area contributed by atoms with Crippen molar-refractivity contribution < 1.29 is 9.53 Å². The molecule has 0 saturated heterocycles. The van der Waals surface area contributed by atoms with Crippen LogP contribution in [0.2, 0.25) is 0 Å². The number of benzene rings is 3. The number of hydrogen-bond donors (Lipinski definition) is 1. The Morgan fingerprint density at radius 2 is 1.67 bits per heavy atom. The summed E-state index contributed by atoms with van der Waals surface area (Å²) >= 11 is 0. The van der Waals surface area contributed by atoms with Gasteiger partial charge in [-0.05, 0) is 74.2 Å². The van der Waals surface area contributed by atoms with Crippen molar-refractivity contribution in [2.75, 3.05) is 17.3 Å². The van der Waals surface area contributed by atoms with Gasteiger partial charge >= 0.3 is 0 Å². The smallest absolute Gasteiger partial charge is 0.258 e. The zero-order valence-corrected chi connectivity index (χ0v) is 18.0. The molecule has 2 atom stereocenters. The molecule has 3 aromatic carbocycles. The first kappa shape index (κ1) is 20.0. The van der Waals surface area contributed by atoms with E-state index in [4.69, 9.17) is 4.74 Å². The molecule has 0 fully saturated rings. The van der Waals surface area contributed by atoms with Crippen molar-refractivity contribution in [2.45, 2.75) is 39.3 Å². The quantitative estimate of drug-likeness (QED) is 0.592. The first-order chi connectivity index (χ1) is 14.5. The van der Waals surface area contributed by atoms with Gasteiger partial charge in [-0.2, -0.15) is 0 Å². The number of amides is 1. The van der Waals surface area contributed by atoms with Crippen molar-refractivity contribution >= 4 is 17.3 Å². The molecule has 154 valence electrons. The third-order valence-corrected chi connectivity index (χ3v) is 5.93. The van der Waals surface area contributed by atoms with Crippen LogP contribution in [-0.4, -0.2) is 19.1 Å². The Morgan fingerprint density at radius 3 is 2.37 bits per heavy atom. The predicted octanol–water partition coefficient (Wildman–Crippen LogP) is 5.90. The Labute approximate surface area is 178 Å². The lowest BCUT2D eigenvalue weighted by atomic mass is 9.88. The van der Waals surface area contributed by atoms with Crippen LogP contribution in [0.3, 0.4) is 0 Å². The van der Waals surface area contributed by atoms with E-state index in [1.54, 1.807) is 7.11 Å². The van der Waals surface area contributed by atoms with E-state index in [2.05, 4.69) is 68.6 Å². The van der Waals surface area contributed by atoms with Crippen LogP contribution in [0.15, 0.2) is 66.7 Å². The number of anilines is 2. The lowest BCUT2D eigenvalue weighted by Gasteiger charge is -2.41. The maximum absolute atomic E-state index is 13.5. The number of hydrogen-bond acceptors (Lipinski definition) is 3. The predicted molar refractivity (Wildman–Crippen MR) is 123 cm³/mol. The van der Waals surface area contributed by atoms with E-state index in [0.29, 0.717) is 5.56 Å². The van der Waals surface area contributed by atoms with E-state index < -0.39 is 0 Å². The van der Waals surface area contributed by atoms with Gasteiger partial charge in [-0.1, -0.05) is 36.4 Å². The summed E-state index contributed by atoms with van der Waals surface area (Å²) < 4.78 is 5.24. The number of methoxy groups -OCH3 is 1. The molecular formula is C26H28N2O2. The number of aryl methyl sites for hydroxylation is 2. The Bertz CT molecular complexity index is 1060. The monoisotopic (exact) mass is 400 g/mol. The third-order valence-electron chi connectivity index (χ3n) is 5.93. The van der Waals surface area contributed by atoms with Gasteiger partial charge in [0.15, 0.2) is 0 Å². The lowest BCUT2D eigenvalue weighted by molar-refractivity contribution is 0.0974. The Morgan fingerprint density at radius 1 is 0.967 bits per heavy atom. The highest BCUT2D eigenvalue weighted by molar-refractivity contribution is 6.07. The third kappa shape index (κ3) is 3.65. The lowest BCUT2D eigenvalue weighted by Crippen LogP contribution is -2.44. The molecule has 3 aromatic rings. The Kier molecular flexibility index (Phi) is 5.49.